The number of hydrogen-bond donors (Lipinski definition) is 0. The van der Waals surface area contributed by atoms with E-state index in [1.165, 1.54) is 0 Å². The van der Waals surface area contributed by atoms with E-state index >= 15 is 0 Å². The molecule has 0 atom stereocenters. The fourth-order valence-corrected chi connectivity index (χ4v) is 2.49. The summed E-state index contributed by atoms with van der Waals surface area (Å²) in [7, 11) is 1.60. The molecule has 112 valence electrons. The molecule has 0 spiro atoms. The molecule has 1 aliphatic heterocycles. The fourth-order valence-electron chi connectivity index (χ4n) is 2.49. The number of piperazine rings is 1. The molecule has 2 rings (SSSR count). The predicted molar refractivity (Wildman–Crippen MR) is 80.2 cm³/mol. The highest BCUT2D eigenvalue weighted by molar-refractivity contribution is 5.94. The standard InChI is InChI=1S/C16H21N3O2/c1-21-15-6-4-5-14(13-15)16(20)19-11-9-18(10-12-19)8-3-2-7-17/h4-6,13H,2-3,8-12H2,1H3. The first-order valence-corrected chi connectivity index (χ1v) is 7.27. The lowest BCUT2D eigenvalue weighted by Gasteiger charge is -2.34. The number of nitriles is 1. The zero-order chi connectivity index (χ0) is 15.1. The van der Waals surface area contributed by atoms with Crippen molar-refractivity contribution in [2.45, 2.75) is 12.8 Å². The Morgan fingerprint density at radius 2 is 2.10 bits per heavy atom. The third-order valence-electron chi connectivity index (χ3n) is 3.74. The Labute approximate surface area is 125 Å². The van der Waals surface area contributed by atoms with Crippen LogP contribution in [0, 0.1) is 11.3 Å². The second kappa shape index (κ2) is 7.65. The van der Waals surface area contributed by atoms with Gasteiger partial charge in [-0.2, -0.15) is 5.26 Å². The molecule has 5 heteroatoms. The summed E-state index contributed by atoms with van der Waals surface area (Å²) in [5.41, 5.74) is 0.673. The number of methoxy groups -OCH3 is 1. The SMILES string of the molecule is COc1cccc(C(=O)N2CCN(CCCC#N)CC2)c1. The minimum Gasteiger partial charge on any atom is -0.497 e. The van der Waals surface area contributed by atoms with E-state index in [4.69, 9.17) is 10.00 Å². The third kappa shape index (κ3) is 4.20. The summed E-state index contributed by atoms with van der Waals surface area (Å²) in [5, 5.41) is 8.55. The van der Waals surface area contributed by atoms with E-state index in [9.17, 15) is 4.79 Å². The number of rotatable bonds is 5. The van der Waals surface area contributed by atoms with Crippen molar-refractivity contribution < 1.29 is 9.53 Å². The molecule has 0 saturated carbocycles. The molecule has 0 radical (unpaired) electrons. The fraction of sp³-hybridized carbons (Fsp3) is 0.500. The summed E-state index contributed by atoms with van der Waals surface area (Å²) in [6.45, 7) is 4.17. The number of ether oxygens (including phenoxy) is 1. The van der Waals surface area contributed by atoms with Gasteiger partial charge in [-0.15, -0.1) is 0 Å². The first-order valence-electron chi connectivity index (χ1n) is 7.27. The Kier molecular flexibility index (Phi) is 5.59. The number of hydrogen-bond acceptors (Lipinski definition) is 4. The second-order valence-corrected chi connectivity index (χ2v) is 5.13. The molecule has 5 nitrogen and oxygen atoms in total. The van der Waals surface area contributed by atoms with Crippen LogP contribution >= 0.6 is 0 Å². The summed E-state index contributed by atoms with van der Waals surface area (Å²) in [6, 6.07) is 9.44. The molecule has 1 heterocycles. The first-order chi connectivity index (χ1) is 10.2. The van der Waals surface area contributed by atoms with Crippen LogP contribution in [0.25, 0.3) is 0 Å². The van der Waals surface area contributed by atoms with Gasteiger partial charge in [0.1, 0.15) is 5.75 Å². The predicted octanol–water partition coefficient (Wildman–Crippen LogP) is 1.76. The van der Waals surface area contributed by atoms with E-state index in [-0.39, 0.29) is 5.91 Å². The van der Waals surface area contributed by atoms with Crippen molar-refractivity contribution in [3.05, 3.63) is 29.8 Å². The number of carbonyl (C=O) groups excluding carboxylic acids is 1. The van der Waals surface area contributed by atoms with Crippen LogP contribution < -0.4 is 4.74 Å². The third-order valence-corrected chi connectivity index (χ3v) is 3.74. The van der Waals surface area contributed by atoms with Gasteiger partial charge in [0.15, 0.2) is 0 Å². The quantitative estimate of drug-likeness (QED) is 0.774. The van der Waals surface area contributed by atoms with E-state index in [1.54, 1.807) is 13.2 Å². The molecular formula is C16H21N3O2. The maximum atomic E-state index is 12.4. The van der Waals surface area contributed by atoms with E-state index < -0.39 is 0 Å². The van der Waals surface area contributed by atoms with Crippen LogP contribution in [-0.2, 0) is 0 Å². The summed E-state index contributed by atoms with van der Waals surface area (Å²) >= 11 is 0. The maximum Gasteiger partial charge on any atom is 0.254 e. The lowest BCUT2D eigenvalue weighted by molar-refractivity contribution is 0.0636. The molecule has 1 aliphatic rings. The van der Waals surface area contributed by atoms with Crippen LogP contribution in [0.5, 0.6) is 5.75 Å². The minimum atomic E-state index is 0.0607. The summed E-state index contributed by atoms with van der Waals surface area (Å²) in [5.74, 6) is 0.765. The largest absolute Gasteiger partial charge is 0.497 e. The zero-order valence-electron chi connectivity index (χ0n) is 12.4. The van der Waals surface area contributed by atoms with Crippen LogP contribution in [0.3, 0.4) is 0 Å². The van der Waals surface area contributed by atoms with Crippen LogP contribution in [0.15, 0.2) is 24.3 Å². The van der Waals surface area contributed by atoms with Gasteiger partial charge in [0.25, 0.3) is 5.91 Å². The molecule has 1 fully saturated rings. The number of carbonyl (C=O) groups is 1. The van der Waals surface area contributed by atoms with Gasteiger partial charge in [-0.05, 0) is 31.2 Å². The Hall–Kier alpha value is -2.06. The molecular weight excluding hydrogens is 266 g/mol. The zero-order valence-corrected chi connectivity index (χ0v) is 12.4. The van der Waals surface area contributed by atoms with Crippen molar-refractivity contribution in [3.63, 3.8) is 0 Å². The lowest BCUT2D eigenvalue weighted by atomic mass is 10.1. The van der Waals surface area contributed by atoms with Crippen LogP contribution in [0.2, 0.25) is 0 Å². The van der Waals surface area contributed by atoms with Crippen molar-refractivity contribution in [2.75, 3.05) is 39.8 Å². The van der Waals surface area contributed by atoms with Crippen molar-refractivity contribution in [1.82, 2.24) is 9.80 Å². The Balaban J connectivity index is 1.86. The minimum absolute atomic E-state index is 0.0607. The molecule has 0 aliphatic carbocycles. The van der Waals surface area contributed by atoms with Gasteiger partial charge in [0.05, 0.1) is 13.2 Å². The average molecular weight is 287 g/mol. The first kappa shape index (κ1) is 15.3. The average Bonchev–Trinajstić information content (AvgIpc) is 2.55. The second-order valence-electron chi connectivity index (χ2n) is 5.13. The van der Waals surface area contributed by atoms with Crippen LogP contribution in [0.1, 0.15) is 23.2 Å². The van der Waals surface area contributed by atoms with E-state index in [0.717, 1.165) is 39.1 Å². The number of benzene rings is 1. The highest BCUT2D eigenvalue weighted by Crippen LogP contribution is 2.15. The summed E-state index contributed by atoms with van der Waals surface area (Å²) < 4.78 is 5.16. The molecule has 0 N–H and O–H groups in total. The molecule has 0 bridgehead atoms. The number of nitrogens with zero attached hydrogens (tertiary/aromatic N) is 3. The topological polar surface area (TPSA) is 56.6 Å². The monoisotopic (exact) mass is 287 g/mol. The van der Waals surface area contributed by atoms with Gasteiger partial charge < -0.3 is 9.64 Å². The molecule has 21 heavy (non-hydrogen) atoms. The summed E-state index contributed by atoms with van der Waals surface area (Å²) in [4.78, 5) is 16.6. The highest BCUT2D eigenvalue weighted by atomic mass is 16.5. The highest BCUT2D eigenvalue weighted by Gasteiger charge is 2.21. The number of amides is 1. The van der Waals surface area contributed by atoms with Gasteiger partial charge in [0, 0.05) is 38.2 Å². The lowest BCUT2D eigenvalue weighted by Crippen LogP contribution is -2.48. The Morgan fingerprint density at radius 3 is 2.76 bits per heavy atom. The maximum absolute atomic E-state index is 12.4. The van der Waals surface area contributed by atoms with Gasteiger partial charge in [-0.25, -0.2) is 0 Å². The van der Waals surface area contributed by atoms with Crippen molar-refractivity contribution >= 4 is 5.91 Å². The van der Waals surface area contributed by atoms with Gasteiger partial charge in [-0.3, -0.25) is 9.69 Å². The molecule has 1 aromatic rings. The normalized spacial score (nSPS) is 15.5. The van der Waals surface area contributed by atoms with Gasteiger partial charge >= 0.3 is 0 Å². The van der Waals surface area contributed by atoms with Crippen LogP contribution in [-0.4, -0.2) is 55.5 Å². The molecule has 1 amide bonds. The van der Waals surface area contributed by atoms with Crippen molar-refractivity contribution in [1.29, 1.82) is 5.26 Å². The van der Waals surface area contributed by atoms with E-state index in [0.29, 0.717) is 17.7 Å². The Morgan fingerprint density at radius 1 is 1.33 bits per heavy atom. The number of unbranched alkanes of at least 4 members (excludes halogenated alkanes) is 1. The summed E-state index contributed by atoms with van der Waals surface area (Å²) in [6.07, 6.45) is 1.50. The van der Waals surface area contributed by atoms with Crippen molar-refractivity contribution in [2.24, 2.45) is 0 Å². The van der Waals surface area contributed by atoms with E-state index in [1.807, 2.05) is 23.1 Å². The van der Waals surface area contributed by atoms with Gasteiger partial charge in [0.2, 0.25) is 0 Å². The Bertz CT molecular complexity index is 516. The van der Waals surface area contributed by atoms with E-state index in [2.05, 4.69) is 11.0 Å². The molecule has 1 saturated heterocycles. The smallest absolute Gasteiger partial charge is 0.254 e. The van der Waals surface area contributed by atoms with Gasteiger partial charge in [-0.1, -0.05) is 6.07 Å². The molecule has 0 unspecified atom stereocenters. The van der Waals surface area contributed by atoms with Crippen molar-refractivity contribution in [3.8, 4) is 11.8 Å². The molecule has 1 aromatic carbocycles. The van der Waals surface area contributed by atoms with Crippen LogP contribution in [0.4, 0.5) is 0 Å². The molecule has 0 aromatic heterocycles.